The number of hydrogen-bond donors (Lipinski definition) is 1. The van der Waals surface area contributed by atoms with Gasteiger partial charge in [-0.15, -0.1) is 0 Å². The minimum Gasteiger partial charge on any atom is -0.491 e. The molecule has 35 heavy (non-hydrogen) atoms. The van der Waals surface area contributed by atoms with Crippen molar-refractivity contribution in [2.45, 2.75) is 19.4 Å². The predicted octanol–water partition coefficient (Wildman–Crippen LogP) is 2.68. The third kappa shape index (κ3) is 5.18. The summed E-state index contributed by atoms with van der Waals surface area (Å²) in [5, 5.41) is 10.6. The number of hydrogen-bond acceptors (Lipinski definition) is 7. The summed E-state index contributed by atoms with van der Waals surface area (Å²) in [6.45, 7) is 0.369. The molecular weight excluding hydrogens is 495 g/mol. The summed E-state index contributed by atoms with van der Waals surface area (Å²) >= 11 is 12.0. The molecule has 0 bridgehead atoms. The second-order valence-electron chi connectivity index (χ2n) is 8.06. The molecular formula is C24H26Cl2N4O5. The van der Waals surface area contributed by atoms with E-state index in [1.807, 2.05) is 12.1 Å². The van der Waals surface area contributed by atoms with Crippen LogP contribution in [0.2, 0.25) is 10.0 Å². The van der Waals surface area contributed by atoms with Gasteiger partial charge in [-0.25, -0.2) is 4.79 Å². The third-order valence-corrected chi connectivity index (χ3v) is 6.21. The molecule has 1 aliphatic rings. The van der Waals surface area contributed by atoms with Crippen LogP contribution in [0.15, 0.2) is 58.1 Å². The summed E-state index contributed by atoms with van der Waals surface area (Å²) in [6, 6.07) is 14.4. The summed E-state index contributed by atoms with van der Waals surface area (Å²) in [6.07, 6.45) is -0.674. The first-order chi connectivity index (χ1) is 16.8. The van der Waals surface area contributed by atoms with Crippen molar-refractivity contribution in [2.24, 2.45) is 7.05 Å². The number of benzene rings is 2. The average Bonchev–Trinajstić information content (AvgIpc) is 3.11. The van der Waals surface area contributed by atoms with Crippen LogP contribution in [0.5, 0.6) is 5.75 Å². The fourth-order valence-electron chi connectivity index (χ4n) is 4.13. The lowest BCUT2D eigenvalue weighted by Gasteiger charge is -2.30. The number of rotatable bonds is 9. The van der Waals surface area contributed by atoms with Crippen molar-refractivity contribution in [1.29, 1.82) is 0 Å². The third-order valence-electron chi connectivity index (χ3n) is 5.72. The van der Waals surface area contributed by atoms with Gasteiger partial charge in [0.15, 0.2) is 0 Å². The molecule has 11 heteroatoms. The zero-order valence-corrected chi connectivity index (χ0v) is 20.9. The SMILES string of the molecule is CN1c2c(c(=O)n(CCO)c(=O)n2C)N(Cc2ccc(Cl)cc2)C1OCCOc1cccc(Cl)c1. The Kier molecular flexibility index (Phi) is 7.71. The van der Waals surface area contributed by atoms with Gasteiger partial charge in [0.2, 0.25) is 6.35 Å². The van der Waals surface area contributed by atoms with Crippen molar-refractivity contribution < 1.29 is 14.6 Å². The van der Waals surface area contributed by atoms with Gasteiger partial charge in [0.25, 0.3) is 5.56 Å². The number of fused-ring (bicyclic) bond motifs is 1. The maximum atomic E-state index is 13.4. The fraction of sp³-hybridized carbons (Fsp3) is 0.333. The minimum absolute atomic E-state index is 0.101. The number of nitrogens with zero attached hydrogens (tertiary/aromatic N) is 4. The van der Waals surface area contributed by atoms with Crippen LogP contribution in [-0.2, 0) is 24.9 Å². The van der Waals surface area contributed by atoms with Crippen LogP contribution in [0.3, 0.4) is 0 Å². The Morgan fingerprint density at radius 2 is 1.74 bits per heavy atom. The Labute approximate surface area is 212 Å². The summed E-state index contributed by atoms with van der Waals surface area (Å²) in [7, 11) is 3.36. The molecule has 0 saturated carbocycles. The molecule has 1 aliphatic heterocycles. The molecule has 0 aliphatic carbocycles. The van der Waals surface area contributed by atoms with Gasteiger partial charge in [0.1, 0.15) is 23.9 Å². The van der Waals surface area contributed by atoms with E-state index in [0.29, 0.717) is 33.8 Å². The summed E-state index contributed by atoms with van der Waals surface area (Å²) < 4.78 is 14.3. The number of aliphatic hydroxyl groups excluding tert-OH is 1. The molecule has 1 atom stereocenters. The molecule has 4 rings (SSSR count). The number of halogens is 2. The molecule has 1 aromatic heterocycles. The standard InChI is InChI=1S/C24H26Cl2N4O5/c1-27-21-20(22(32)29(10-11-31)23(27)33)30(15-16-6-8-17(25)9-7-16)24(28(21)2)35-13-12-34-19-5-3-4-18(26)14-19/h3-9,14,24,31H,10-13,15H2,1-2H3. The molecule has 0 saturated heterocycles. The molecule has 186 valence electrons. The van der Waals surface area contributed by atoms with Crippen LogP contribution in [0, 0.1) is 0 Å². The van der Waals surface area contributed by atoms with E-state index in [9.17, 15) is 14.7 Å². The highest BCUT2D eigenvalue weighted by Crippen LogP contribution is 2.36. The number of aromatic nitrogens is 2. The van der Waals surface area contributed by atoms with E-state index in [0.717, 1.165) is 10.1 Å². The molecule has 0 fully saturated rings. The van der Waals surface area contributed by atoms with Crippen molar-refractivity contribution in [2.75, 3.05) is 36.7 Å². The van der Waals surface area contributed by atoms with Crippen LogP contribution in [0.1, 0.15) is 5.56 Å². The molecule has 3 aromatic rings. The second-order valence-corrected chi connectivity index (χ2v) is 8.94. The normalized spacial score (nSPS) is 14.9. The van der Waals surface area contributed by atoms with Crippen molar-refractivity contribution in [1.82, 2.24) is 9.13 Å². The smallest absolute Gasteiger partial charge is 0.332 e. The quantitative estimate of drug-likeness (QED) is 0.434. The first kappa shape index (κ1) is 25.1. The second kappa shape index (κ2) is 10.7. The monoisotopic (exact) mass is 520 g/mol. The topological polar surface area (TPSA) is 89.2 Å². The minimum atomic E-state index is -0.674. The average molecular weight is 521 g/mol. The Balaban J connectivity index is 1.63. The molecule has 2 heterocycles. The highest BCUT2D eigenvalue weighted by Gasteiger charge is 2.40. The van der Waals surface area contributed by atoms with Gasteiger partial charge >= 0.3 is 5.69 Å². The van der Waals surface area contributed by atoms with Crippen LogP contribution in [0.4, 0.5) is 11.5 Å². The summed E-state index contributed by atoms with van der Waals surface area (Å²) in [5.41, 5.74) is 0.227. The van der Waals surface area contributed by atoms with Gasteiger partial charge in [0.05, 0.1) is 19.8 Å². The van der Waals surface area contributed by atoms with E-state index < -0.39 is 17.6 Å². The van der Waals surface area contributed by atoms with Crippen LogP contribution < -0.4 is 25.8 Å². The molecule has 1 unspecified atom stereocenters. The first-order valence-corrected chi connectivity index (χ1v) is 11.8. The van der Waals surface area contributed by atoms with E-state index in [-0.39, 0.29) is 26.4 Å². The first-order valence-electron chi connectivity index (χ1n) is 11.0. The van der Waals surface area contributed by atoms with Crippen molar-refractivity contribution in [3.05, 3.63) is 85.0 Å². The molecule has 2 aromatic carbocycles. The molecule has 0 radical (unpaired) electrons. The number of anilines is 2. The maximum Gasteiger partial charge on any atom is 0.332 e. The predicted molar refractivity (Wildman–Crippen MR) is 136 cm³/mol. The Bertz CT molecular complexity index is 1310. The van der Waals surface area contributed by atoms with E-state index in [4.69, 9.17) is 32.7 Å². The zero-order chi connectivity index (χ0) is 25.1. The van der Waals surface area contributed by atoms with E-state index in [1.165, 1.54) is 4.57 Å². The molecule has 0 amide bonds. The van der Waals surface area contributed by atoms with Crippen molar-refractivity contribution in [3.63, 3.8) is 0 Å². The Morgan fingerprint density at radius 3 is 2.43 bits per heavy atom. The van der Waals surface area contributed by atoms with Crippen LogP contribution in [0.25, 0.3) is 0 Å². The number of aliphatic hydroxyl groups is 1. The van der Waals surface area contributed by atoms with Gasteiger partial charge < -0.3 is 24.4 Å². The lowest BCUT2D eigenvalue weighted by atomic mass is 10.2. The highest BCUT2D eigenvalue weighted by molar-refractivity contribution is 6.30. The molecule has 9 nitrogen and oxygen atoms in total. The lowest BCUT2D eigenvalue weighted by Crippen LogP contribution is -2.45. The largest absolute Gasteiger partial charge is 0.491 e. The lowest BCUT2D eigenvalue weighted by molar-refractivity contribution is 0.0356. The van der Waals surface area contributed by atoms with Gasteiger partial charge in [-0.1, -0.05) is 41.4 Å². The maximum absolute atomic E-state index is 13.4. The zero-order valence-electron chi connectivity index (χ0n) is 19.4. The molecule has 0 spiro atoms. The van der Waals surface area contributed by atoms with Gasteiger partial charge in [-0.05, 0) is 35.9 Å². The number of ether oxygens (including phenoxy) is 2. The van der Waals surface area contributed by atoms with Crippen LogP contribution >= 0.6 is 23.2 Å². The van der Waals surface area contributed by atoms with Crippen molar-refractivity contribution in [3.8, 4) is 5.75 Å². The van der Waals surface area contributed by atoms with Gasteiger partial charge in [0, 0.05) is 30.7 Å². The van der Waals surface area contributed by atoms with E-state index in [1.54, 1.807) is 60.3 Å². The highest BCUT2D eigenvalue weighted by atomic mass is 35.5. The molecule has 1 N–H and O–H groups in total. The Hall–Kier alpha value is -2.98. The summed E-state index contributed by atoms with van der Waals surface area (Å²) in [4.78, 5) is 29.7. The summed E-state index contributed by atoms with van der Waals surface area (Å²) in [5.74, 6) is 1.06. The van der Waals surface area contributed by atoms with Crippen molar-refractivity contribution >= 4 is 34.7 Å². The Morgan fingerprint density at radius 1 is 1.00 bits per heavy atom. The van der Waals surface area contributed by atoms with E-state index >= 15 is 0 Å². The van der Waals surface area contributed by atoms with Crippen LogP contribution in [-0.4, -0.2) is 47.5 Å². The van der Waals surface area contributed by atoms with E-state index in [2.05, 4.69) is 0 Å². The fourth-order valence-corrected chi connectivity index (χ4v) is 4.44. The van der Waals surface area contributed by atoms with Gasteiger partial charge in [-0.2, -0.15) is 0 Å². The van der Waals surface area contributed by atoms with Gasteiger partial charge in [-0.3, -0.25) is 13.9 Å².